The molecule has 0 aliphatic carbocycles. The maximum Gasteiger partial charge on any atom is 0.268 e. The number of carbonyl (C=O) groups is 1. The van der Waals surface area contributed by atoms with E-state index in [0.717, 1.165) is 24.8 Å². The van der Waals surface area contributed by atoms with Crippen LogP contribution in [-0.2, 0) is 5.41 Å². The van der Waals surface area contributed by atoms with Crippen LogP contribution in [-0.4, -0.2) is 11.0 Å². The Balaban J connectivity index is 2.97. The first-order valence-corrected chi connectivity index (χ1v) is 7.13. The Bertz CT molecular complexity index is 468. The molecule has 0 bridgehead atoms. The Morgan fingerprint density at radius 2 is 2.05 bits per heavy atom. The molecule has 0 radical (unpaired) electrons. The summed E-state index contributed by atoms with van der Waals surface area (Å²) in [4.78, 5) is 11.6. The third-order valence-electron chi connectivity index (χ3n) is 3.72. The van der Waals surface area contributed by atoms with Crippen molar-refractivity contribution in [3.8, 4) is 5.75 Å². The van der Waals surface area contributed by atoms with Gasteiger partial charge in [0.2, 0.25) is 0 Å². The SMILES string of the molecule is CC(C)CCCC(C)(C)c1cccc(C(=O)NN)c1O. The standard InChI is InChI=1S/C16H26N2O2/c1-11(2)7-6-10-16(3,4)13-9-5-8-12(14(13)19)15(20)18-17/h5,8-9,11,19H,6-7,10,17H2,1-4H3,(H,18,20). The molecule has 1 aromatic carbocycles. The van der Waals surface area contributed by atoms with E-state index < -0.39 is 5.91 Å². The van der Waals surface area contributed by atoms with Crippen molar-refractivity contribution in [1.82, 2.24) is 5.43 Å². The van der Waals surface area contributed by atoms with Gasteiger partial charge in [0, 0.05) is 5.56 Å². The first-order valence-electron chi connectivity index (χ1n) is 7.13. The lowest BCUT2D eigenvalue weighted by atomic mass is 9.78. The van der Waals surface area contributed by atoms with E-state index >= 15 is 0 Å². The molecule has 20 heavy (non-hydrogen) atoms. The van der Waals surface area contributed by atoms with Crippen LogP contribution in [0.3, 0.4) is 0 Å². The molecule has 0 fully saturated rings. The summed E-state index contributed by atoms with van der Waals surface area (Å²) in [5.41, 5.74) is 2.90. The maximum absolute atomic E-state index is 11.6. The number of rotatable bonds is 6. The Morgan fingerprint density at radius 3 is 2.60 bits per heavy atom. The van der Waals surface area contributed by atoms with Gasteiger partial charge in [0.25, 0.3) is 5.91 Å². The molecule has 0 aromatic heterocycles. The van der Waals surface area contributed by atoms with Gasteiger partial charge in [-0.05, 0) is 23.8 Å². The Labute approximate surface area is 121 Å². The molecule has 0 spiro atoms. The molecule has 4 N–H and O–H groups in total. The minimum atomic E-state index is -0.470. The minimum Gasteiger partial charge on any atom is -0.507 e. The van der Waals surface area contributed by atoms with Gasteiger partial charge in [-0.2, -0.15) is 0 Å². The molecule has 1 aromatic rings. The zero-order chi connectivity index (χ0) is 15.3. The molecule has 0 aliphatic heterocycles. The smallest absolute Gasteiger partial charge is 0.268 e. The molecule has 0 saturated heterocycles. The zero-order valence-corrected chi connectivity index (χ0v) is 12.9. The quantitative estimate of drug-likeness (QED) is 0.425. The predicted octanol–water partition coefficient (Wildman–Crippen LogP) is 3.10. The number of nitrogen functional groups attached to an aromatic ring is 1. The lowest BCUT2D eigenvalue weighted by molar-refractivity contribution is 0.0950. The largest absolute Gasteiger partial charge is 0.507 e. The molecule has 4 heteroatoms. The summed E-state index contributed by atoms with van der Waals surface area (Å²) in [6, 6.07) is 5.23. The van der Waals surface area contributed by atoms with Gasteiger partial charge in [-0.25, -0.2) is 5.84 Å². The fourth-order valence-corrected chi connectivity index (χ4v) is 2.44. The van der Waals surface area contributed by atoms with E-state index in [1.54, 1.807) is 12.1 Å². The average molecular weight is 278 g/mol. The van der Waals surface area contributed by atoms with Gasteiger partial charge in [0.1, 0.15) is 5.75 Å². The van der Waals surface area contributed by atoms with Gasteiger partial charge < -0.3 is 5.11 Å². The van der Waals surface area contributed by atoms with Crippen molar-refractivity contribution in [3.63, 3.8) is 0 Å². The summed E-state index contributed by atoms with van der Waals surface area (Å²) >= 11 is 0. The van der Waals surface area contributed by atoms with E-state index in [2.05, 4.69) is 33.1 Å². The van der Waals surface area contributed by atoms with Crippen LogP contribution in [0, 0.1) is 5.92 Å². The van der Waals surface area contributed by atoms with Crippen LogP contribution >= 0.6 is 0 Å². The maximum atomic E-state index is 11.6. The molecule has 0 aliphatic rings. The molecule has 4 nitrogen and oxygen atoms in total. The van der Waals surface area contributed by atoms with Gasteiger partial charge in [0.15, 0.2) is 0 Å². The van der Waals surface area contributed by atoms with E-state index in [1.807, 2.05) is 6.07 Å². The Hall–Kier alpha value is -1.55. The Morgan fingerprint density at radius 1 is 1.40 bits per heavy atom. The third-order valence-corrected chi connectivity index (χ3v) is 3.72. The van der Waals surface area contributed by atoms with Crippen LogP contribution in [0.4, 0.5) is 0 Å². The molecule has 112 valence electrons. The lowest BCUT2D eigenvalue weighted by Gasteiger charge is -2.27. The summed E-state index contributed by atoms with van der Waals surface area (Å²) in [6.07, 6.45) is 3.22. The van der Waals surface area contributed by atoms with E-state index in [9.17, 15) is 9.90 Å². The van der Waals surface area contributed by atoms with E-state index in [-0.39, 0.29) is 16.7 Å². The first-order chi connectivity index (χ1) is 9.29. The molecular weight excluding hydrogens is 252 g/mol. The topological polar surface area (TPSA) is 75.4 Å². The minimum absolute atomic E-state index is 0.0324. The van der Waals surface area contributed by atoms with Gasteiger partial charge in [-0.15, -0.1) is 0 Å². The van der Waals surface area contributed by atoms with Crippen LogP contribution in [0.5, 0.6) is 5.75 Å². The highest BCUT2D eigenvalue weighted by Gasteiger charge is 2.26. The van der Waals surface area contributed by atoms with Crippen molar-refractivity contribution in [2.75, 3.05) is 0 Å². The number of nitrogens with one attached hydrogen (secondary N) is 1. The lowest BCUT2D eigenvalue weighted by Crippen LogP contribution is -2.30. The average Bonchev–Trinajstić information content (AvgIpc) is 2.37. The van der Waals surface area contributed by atoms with Gasteiger partial charge in [-0.1, -0.05) is 52.7 Å². The zero-order valence-electron chi connectivity index (χ0n) is 12.9. The summed E-state index contributed by atoms with van der Waals surface area (Å²) in [7, 11) is 0. The molecule has 0 atom stereocenters. The highest BCUT2D eigenvalue weighted by molar-refractivity contribution is 5.96. The summed E-state index contributed by atoms with van der Waals surface area (Å²) in [5.74, 6) is 5.37. The van der Waals surface area contributed by atoms with Crippen LogP contribution in [0.2, 0.25) is 0 Å². The predicted molar refractivity (Wildman–Crippen MR) is 81.5 cm³/mol. The van der Waals surface area contributed by atoms with Crippen LogP contribution in [0.1, 0.15) is 62.9 Å². The fourth-order valence-electron chi connectivity index (χ4n) is 2.44. The third kappa shape index (κ3) is 3.97. The van der Waals surface area contributed by atoms with Crippen LogP contribution < -0.4 is 11.3 Å². The van der Waals surface area contributed by atoms with Crippen molar-refractivity contribution in [2.45, 2.75) is 52.4 Å². The van der Waals surface area contributed by atoms with Crippen molar-refractivity contribution in [2.24, 2.45) is 11.8 Å². The number of hydrazine groups is 1. The molecule has 0 heterocycles. The number of phenolic OH excluding ortho intramolecular Hbond substituents is 1. The number of amides is 1. The van der Waals surface area contributed by atoms with E-state index in [4.69, 9.17) is 5.84 Å². The summed E-state index contributed by atoms with van der Waals surface area (Å²) in [6.45, 7) is 8.59. The van der Waals surface area contributed by atoms with E-state index in [1.165, 1.54) is 0 Å². The monoisotopic (exact) mass is 278 g/mol. The number of para-hydroxylation sites is 1. The van der Waals surface area contributed by atoms with Gasteiger partial charge in [0.05, 0.1) is 5.56 Å². The second kappa shape index (κ2) is 6.75. The van der Waals surface area contributed by atoms with Crippen molar-refractivity contribution >= 4 is 5.91 Å². The van der Waals surface area contributed by atoms with Crippen molar-refractivity contribution in [3.05, 3.63) is 29.3 Å². The number of benzene rings is 1. The van der Waals surface area contributed by atoms with Crippen molar-refractivity contribution in [1.29, 1.82) is 0 Å². The van der Waals surface area contributed by atoms with Crippen molar-refractivity contribution < 1.29 is 9.90 Å². The fraction of sp³-hybridized carbons (Fsp3) is 0.562. The van der Waals surface area contributed by atoms with Crippen LogP contribution in [0.15, 0.2) is 18.2 Å². The molecule has 1 rings (SSSR count). The molecular formula is C16H26N2O2. The summed E-state index contributed by atoms with van der Waals surface area (Å²) < 4.78 is 0. The molecule has 0 unspecified atom stereocenters. The number of carbonyl (C=O) groups excluding carboxylic acids is 1. The van der Waals surface area contributed by atoms with Gasteiger partial charge in [-0.3, -0.25) is 10.2 Å². The first kappa shape index (κ1) is 16.5. The van der Waals surface area contributed by atoms with E-state index in [0.29, 0.717) is 5.92 Å². The number of aromatic hydroxyl groups is 1. The van der Waals surface area contributed by atoms with Crippen LogP contribution in [0.25, 0.3) is 0 Å². The second-order valence-electron chi connectivity index (χ2n) is 6.35. The number of phenols is 1. The highest BCUT2D eigenvalue weighted by atomic mass is 16.3. The summed E-state index contributed by atoms with van der Waals surface area (Å²) in [5, 5.41) is 10.3. The Kier molecular flexibility index (Phi) is 5.57. The van der Waals surface area contributed by atoms with Gasteiger partial charge >= 0.3 is 0 Å². The molecule has 0 saturated carbocycles. The number of hydrogen-bond donors (Lipinski definition) is 3. The number of hydrogen-bond acceptors (Lipinski definition) is 3. The second-order valence-corrected chi connectivity index (χ2v) is 6.35. The normalized spacial score (nSPS) is 11.7. The number of nitrogens with two attached hydrogens (primary N) is 1. The highest BCUT2D eigenvalue weighted by Crippen LogP contribution is 2.37. The molecule has 1 amide bonds.